The monoisotopic (exact) mass is 357 g/mol. The van der Waals surface area contributed by atoms with Gasteiger partial charge >= 0.3 is 12.1 Å². The fraction of sp³-hybridized carbons (Fsp3) is 0.571. The van der Waals surface area contributed by atoms with E-state index in [4.69, 9.17) is 10.2 Å². The highest BCUT2D eigenvalue weighted by molar-refractivity contribution is 7.09. The van der Waals surface area contributed by atoms with Gasteiger partial charge in [-0.05, 0) is 12.8 Å². The van der Waals surface area contributed by atoms with Crippen molar-refractivity contribution in [2.24, 2.45) is 0 Å². The van der Waals surface area contributed by atoms with E-state index < -0.39 is 30.6 Å². The number of hydrogen-bond donors (Lipinski definition) is 3. The Bertz CT molecular complexity index is 611. The van der Waals surface area contributed by atoms with Gasteiger partial charge in [0.05, 0.1) is 18.7 Å². The molecule has 0 aromatic carbocycles. The molecule has 3 N–H and O–H groups in total. The van der Waals surface area contributed by atoms with E-state index in [0.717, 1.165) is 5.01 Å². The zero-order valence-electron chi connectivity index (χ0n) is 13.1. The second-order valence-corrected chi connectivity index (χ2v) is 6.24. The smallest absolute Gasteiger partial charge is 0.407 e. The van der Waals surface area contributed by atoms with Crippen LogP contribution in [0.4, 0.5) is 4.79 Å². The third-order valence-electron chi connectivity index (χ3n) is 3.84. The Kier molecular flexibility index (Phi) is 6.10. The average molecular weight is 357 g/mol. The van der Waals surface area contributed by atoms with Crippen LogP contribution in [0.15, 0.2) is 5.38 Å². The van der Waals surface area contributed by atoms with Crippen molar-refractivity contribution in [3.63, 3.8) is 0 Å². The molecule has 1 aromatic heterocycles. The zero-order valence-corrected chi connectivity index (χ0v) is 13.9. The largest absolute Gasteiger partial charge is 0.467 e. The summed E-state index contributed by atoms with van der Waals surface area (Å²) >= 11 is 1.33. The molecule has 0 spiro atoms. The number of amides is 2. The average Bonchev–Trinajstić information content (AvgIpc) is 3.09. The molecule has 1 saturated heterocycles. The van der Waals surface area contributed by atoms with Crippen molar-refractivity contribution in [2.75, 3.05) is 26.8 Å². The molecule has 1 atom stereocenters. The summed E-state index contributed by atoms with van der Waals surface area (Å²) in [5, 5.41) is 22.8. The first-order valence-electron chi connectivity index (χ1n) is 7.39. The molecular weight excluding hydrogens is 338 g/mol. The predicted octanol–water partition coefficient (Wildman–Crippen LogP) is 0.264. The highest BCUT2D eigenvalue weighted by Gasteiger charge is 2.27. The van der Waals surface area contributed by atoms with Gasteiger partial charge < -0.3 is 25.2 Å². The number of esters is 1. The van der Waals surface area contributed by atoms with Crippen LogP contribution in [-0.4, -0.2) is 70.9 Å². The summed E-state index contributed by atoms with van der Waals surface area (Å²) in [6, 6.07) is -1.13. The fourth-order valence-corrected chi connectivity index (χ4v) is 3.42. The van der Waals surface area contributed by atoms with Crippen molar-refractivity contribution < 1.29 is 29.3 Å². The van der Waals surface area contributed by atoms with Crippen molar-refractivity contribution in [3.05, 3.63) is 16.1 Å². The first-order valence-corrected chi connectivity index (χ1v) is 8.27. The Morgan fingerprint density at radius 1 is 1.46 bits per heavy atom. The van der Waals surface area contributed by atoms with Gasteiger partial charge in [-0.15, -0.1) is 11.3 Å². The second kappa shape index (κ2) is 8.06. The Balaban J connectivity index is 1.96. The molecule has 132 valence electrons. The van der Waals surface area contributed by atoms with E-state index in [2.05, 4.69) is 15.0 Å². The number of hydrogen-bond acceptors (Lipinski definition) is 7. The Morgan fingerprint density at radius 2 is 2.12 bits per heavy atom. The number of ether oxygens (including phenoxy) is 1. The topological polar surface area (TPSA) is 129 Å². The number of nitrogens with zero attached hydrogens (tertiary/aromatic N) is 2. The Hall–Kier alpha value is -2.20. The van der Waals surface area contributed by atoms with Crippen molar-refractivity contribution in [1.29, 1.82) is 0 Å². The number of aromatic nitrogens is 1. The molecule has 1 aliphatic heterocycles. The van der Waals surface area contributed by atoms with Gasteiger partial charge in [0.15, 0.2) is 6.04 Å². The number of carbonyl (C=O) groups excluding carboxylic acids is 2. The van der Waals surface area contributed by atoms with Crippen LogP contribution in [0.1, 0.15) is 34.3 Å². The fourth-order valence-electron chi connectivity index (χ4n) is 2.45. The van der Waals surface area contributed by atoms with Gasteiger partial charge in [-0.1, -0.05) is 0 Å². The minimum absolute atomic E-state index is 0.112. The van der Waals surface area contributed by atoms with E-state index in [1.54, 1.807) is 5.38 Å². The molecule has 2 amide bonds. The summed E-state index contributed by atoms with van der Waals surface area (Å²) in [7, 11) is 1.17. The van der Waals surface area contributed by atoms with Crippen LogP contribution in [0.3, 0.4) is 0 Å². The molecular formula is C14H19N3O6S. The van der Waals surface area contributed by atoms with Crippen LogP contribution in [0.25, 0.3) is 0 Å². The van der Waals surface area contributed by atoms with Gasteiger partial charge in [-0.3, -0.25) is 4.79 Å². The minimum atomic E-state index is -1.13. The lowest BCUT2D eigenvalue weighted by Crippen LogP contribution is -2.44. The van der Waals surface area contributed by atoms with Gasteiger partial charge in [0.1, 0.15) is 5.69 Å². The quantitative estimate of drug-likeness (QED) is 0.645. The summed E-state index contributed by atoms with van der Waals surface area (Å²) in [6.45, 7) is 0.315. The zero-order chi connectivity index (χ0) is 17.7. The summed E-state index contributed by atoms with van der Waals surface area (Å²) in [5.41, 5.74) is 0.165. The van der Waals surface area contributed by atoms with Crippen LogP contribution in [0.5, 0.6) is 0 Å². The van der Waals surface area contributed by atoms with E-state index in [0.29, 0.717) is 25.9 Å². The third-order valence-corrected chi connectivity index (χ3v) is 4.85. The first-order chi connectivity index (χ1) is 11.5. The van der Waals surface area contributed by atoms with Crippen molar-refractivity contribution in [2.45, 2.75) is 24.8 Å². The third kappa shape index (κ3) is 4.20. The molecule has 1 fully saturated rings. The number of aliphatic hydroxyl groups excluding tert-OH is 1. The molecule has 1 aliphatic rings. The van der Waals surface area contributed by atoms with E-state index in [-0.39, 0.29) is 11.6 Å². The van der Waals surface area contributed by atoms with Crippen molar-refractivity contribution in [1.82, 2.24) is 15.2 Å². The Labute approximate surface area is 142 Å². The molecule has 10 heteroatoms. The van der Waals surface area contributed by atoms with Crippen LogP contribution in [0.2, 0.25) is 0 Å². The standard InChI is InChI=1S/C14H19N3O6S/c1-23-13(20)9(6-18)15-11(19)10-7-24-12(16-10)8-2-4-17(5-3-8)14(21)22/h7-9,18H,2-6H2,1H3,(H,15,19)(H,21,22)/t9-/m0/s1. The molecule has 0 radical (unpaired) electrons. The normalized spacial score (nSPS) is 16.5. The number of piperidine rings is 1. The van der Waals surface area contributed by atoms with Crippen molar-refractivity contribution in [3.8, 4) is 0 Å². The molecule has 2 heterocycles. The lowest BCUT2D eigenvalue weighted by molar-refractivity contribution is -0.143. The summed E-state index contributed by atoms with van der Waals surface area (Å²) in [4.78, 5) is 40.0. The van der Waals surface area contributed by atoms with E-state index in [1.165, 1.54) is 23.3 Å². The minimum Gasteiger partial charge on any atom is -0.467 e. The maximum atomic E-state index is 12.1. The van der Waals surface area contributed by atoms with Gasteiger partial charge in [-0.25, -0.2) is 14.6 Å². The SMILES string of the molecule is COC(=O)[C@H](CO)NC(=O)c1csc(C2CCN(C(=O)O)CC2)n1. The number of likely N-dealkylation sites (tertiary alicyclic amines) is 1. The number of rotatable bonds is 5. The molecule has 1 aromatic rings. The summed E-state index contributed by atoms with van der Waals surface area (Å²) in [6.07, 6.45) is 0.385. The Morgan fingerprint density at radius 3 is 2.67 bits per heavy atom. The molecule has 0 unspecified atom stereocenters. The van der Waals surface area contributed by atoms with E-state index in [1.807, 2.05) is 0 Å². The maximum absolute atomic E-state index is 12.1. The van der Waals surface area contributed by atoms with Gasteiger partial charge in [0, 0.05) is 24.4 Å². The van der Waals surface area contributed by atoms with Crippen LogP contribution in [0, 0.1) is 0 Å². The molecule has 24 heavy (non-hydrogen) atoms. The second-order valence-electron chi connectivity index (χ2n) is 5.35. The van der Waals surface area contributed by atoms with Crippen LogP contribution >= 0.6 is 11.3 Å². The van der Waals surface area contributed by atoms with Crippen molar-refractivity contribution >= 4 is 29.3 Å². The van der Waals surface area contributed by atoms with Gasteiger partial charge in [-0.2, -0.15) is 0 Å². The lowest BCUT2D eigenvalue weighted by atomic mass is 9.98. The number of thiazole rings is 1. The number of aliphatic hydroxyl groups is 1. The van der Waals surface area contributed by atoms with Crippen LogP contribution < -0.4 is 5.32 Å². The van der Waals surface area contributed by atoms with Crippen LogP contribution in [-0.2, 0) is 9.53 Å². The molecule has 0 bridgehead atoms. The summed E-state index contributed by atoms with van der Waals surface area (Å²) in [5.74, 6) is -1.19. The molecule has 2 rings (SSSR count). The summed E-state index contributed by atoms with van der Waals surface area (Å²) < 4.78 is 4.49. The van der Waals surface area contributed by atoms with Gasteiger partial charge in [0.2, 0.25) is 0 Å². The number of carbonyl (C=O) groups is 3. The number of carboxylic acid groups (broad SMARTS) is 1. The predicted molar refractivity (Wildman–Crippen MR) is 84.0 cm³/mol. The van der Waals surface area contributed by atoms with Gasteiger partial charge in [0.25, 0.3) is 5.91 Å². The van der Waals surface area contributed by atoms with E-state index in [9.17, 15) is 14.4 Å². The highest BCUT2D eigenvalue weighted by Crippen LogP contribution is 2.30. The molecule has 0 aliphatic carbocycles. The molecule has 9 nitrogen and oxygen atoms in total. The number of nitrogens with one attached hydrogen (secondary N) is 1. The highest BCUT2D eigenvalue weighted by atomic mass is 32.1. The van der Waals surface area contributed by atoms with E-state index >= 15 is 0 Å². The lowest BCUT2D eigenvalue weighted by Gasteiger charge is -2.28. The number of methoxy groups -OCH3 is 1. The maximum Gasteiger partial charge on any atom is 0.407 e. The first kappa shape index (κ1) is 18.1. The molecule has 0 saturated carbocycles.